The summed E-state index contributed by atoms with van der Waals surface area (Å²) >= 11 is 0. The van der Waals surface area contributed by atoms with Crippen molar-refractivity contribution < 1.29 is 9.53 Å². The lowest BCUT2D eigenvalue weighted by Gasteiger charge is -2.32. The van der Waals surface area contributed by atoms with Crippen molar-refractivity contribution in [3.63, 3.8) is 0 Å². The molecule has 1 rings (SSSR count). The van der Waals surface area contributed by atoms with Crippen LogP contribution in [0.3, 0.4) is 0 Å². The first kappa shape index (κ1) is 12.9. The summed E-state index contributed by atoms with van der Waals surface area (Å²) in [7, 11) is 1.66. The van der Waals surface area contributed by atoms with Crippen molar-refractivity contribution in [2.24, 2.45) is 5.41 Å². The zero-order valence-corrected chi connectivity index (χ0v) is 10.5. The highest BCUT2D eigenvalue weighted by atomic mass is 16.5. The molecule has 0 aliphatic heterocycles. The van der Waals surface area contributed by atoms with Crippen molar-refractivity contribution in [2.75, 3.05) is 7.11 Å². The predicted molar refractivity (Wildman–Crippen MR) is 65.3 cm³/mol. The van der Waals surface area contributed by atoms with Gasteiger partial charge in [0.1, 0.15) is 5.78 Å². The maximum atomic E-state index is 11.9. The molecule has 0 saturated carbocycles. The number of rotatable bonds is 5. The highest BCUT2D eigenvalue weighted by molar-refractivity contribution is 5.84. The van der Waals surface area contributed by atoms with Gasteiger partial charge in [-0.05, 0) is 5.56 Å². The van der Waals surface area contributed by atoms with Crippen LogP contribution >= 0.6 is 0 Å². The second kappa shape index (κ2) is 5.26. The largest absolute Gasteiger partial charge is 0.376 e. The number of carbonyl (C=O) groups excluding carboxylic acids is 1. The molecule has 1 atom stereocenters. The lowest BCUT2D eigenvalue weighted by Crippen LogP contribution is -2.32. The van der Waals surface area contributed by atoms with Crippen molar-refractivity contribution in [1.82, 2.24) is 0 Å². The van der Waals surface area contributed by atoms with E-state index >= 15 is 0 Å². The molecule has 16 heavy (non-hydrogen) atoms. The Hall–Kier alpha value is -1.15. The maximum Gasteiger partial charge on any atom is 0.141 e. The van der Waals surface area contributed by atoms with Crippen LogP contribution in [-0.4, -0.2) is 12.9 Å². The zero-order chi connectivity index (χ0) is 12.2. The molecule has 0 spiro atoms. The molecule has 2 nitrogen and oxygen atoms in total. The molecule has 1 aromatic rings. The van der Waals surface area contributed by atoms with Crippen LogP contribution in [0.5, 0.6) is 0 Å². The monoisotopic (exact) mass is 220 g/mol. The van der Waals surface area contributed by atoms with Gasteiger partial charge in [0.05, 0.1) is 11.5 Å². The van der Waals surface area contributed by atoms with E-state index in [4.69, 9.17) is 4.74 Å². The van der Waals surface area contributed by atoms with Gasteiger partial charge in [0.2, 0.25) is 0 Å². The third-order valence-electron chi connectivity index (χ3n) is 3.03. The number of ether oxygens (including phenoxy) is 1. The normalized spacial score (nSPS) is 13.5. The van der Waals surface area contributed by atoms with Gasteiger partial charge < -0.3 is 4.74 Å². The molecule has 1 unspecified atom stereocenters. The number of ketones is 1. The number of hydrogen-bond acceptors (Lipinski definition) is 2. The third kappa shape index (κ3) is 2.50. The van der Waals surface area contributed by atoms with Crippen LogP contribution in [0.15, 0.2) is 30.3 Å². The Morgan fingerprint density at radius 1 is 1.31 bits per heavy atom. The Labute approximate surface area is 97.6 Å². The van der Waals surface area contributed by atoms with Crippen molar-refractivity contribution in [2.45, 2.75) is 33.3 Å². The molecule has 0 bridgehead atoms. The van der Waals surface area contributed by atoms with Crippen LogP contribution in [-0.2, 0) is 9.53 Å². The van der Waals surface area contributed by atoms with Crippen LogP contribution in [0.25, 0.3) is 0 Å². The highest BCUT2D eigenvalue weighted by Gasteiger charge is 2.36. The molecule has 0 amide bonds. The number of methoxy groups -OCH3 is 1. The van der Waals surface area contributed by atoms with E-state index in [0.717, 1.165) is 5.56 Å². The van der Waals surface area contributed by atoms with Crippen LogP contribution in [0.4, 0.5) is 0 Å². The minimum absolute atomic E-state index is 0.179. The SMILES string of the molecule is CCC(=O)C(C)(C)C(OC)c1ccccc1. The maximum absolute atomic E-state index is 11.9. The Balaban J connectivity index is 3.03. The molecule has 0 aromatic heterocycles. The molecule has 0 radical (unpaired) electrons. The number of Topliss-reactive ketones (excluding diaryl/α,β-unsaturated/α-hetero) is 1. The van der Waals surface area contributed by atoms with Crippen LogP contribution in [0, 0.1) is 5.41 Å². The van der Waals surface area contributed by atoms with Gasteiger partial charge in [0.15, 0.2) is 0 Å². The van der Waals surface area contributed by atoms with Crippen molar-refractivity contribution in [3.8, 4) is 0 Å². The van der Waals surface area contributed by atoms with Crippen LogP contribution in [0.1, 0.15) is 38.9 Å². The van der Waals surface area contributed by atoms with Gasteiger partial charge in [-0.2, -0.15) is 0 Å². The van der Waals surface area contributed by atoms with Crippen molar-refractivity contribution in [1.29, 1.82) is 0 Å². The summed E-state index contributed by atoms with van der Waals surface area (Å²) < 4.78 is 5.50. The van der Waals surface area contributed by atoms with E-state index in [-0.39, 0.29) is 11.9 Å². The fourth-order valence-corrected chi connectivity index (χ4v) is 2.08. The number of benzene rings is 1. The van der Waals surface area contributed by atoms with Gasteiger partial charge in [-0.3, -0.25) is 4.79 Å². The fourth-order valence-electron chi connectivity index (χ4n) is 2.08. The lowest BCUT2D eigenvalue weighted by atomic mass is 9.78. The van der Waals surface area contributed by atoms with E-state index in [2.05, 4.69) is 0 Å². The Morgan fingerprint density at radius 3 is 2.31 bits per heavy atom. The van der Waals surface area contributed by atoms with Crippen molar-refractivity contribution in [3.05, 3.63) is 35.9 Å². The summed E-state index contributed by atoms with van der Waals surface area (Å²) in [6.07, 6.45) is 0.362. The summed E-state index contributed by atoms with van der Waals surface area (Å²) in [6.45, 7) is 5.78. The summed E-state index contributed by atoms with van der Waals surface area (Å²) in [6, 6.07) is 9.89. The second-order valence-electron chi connectivity index (χ2n) is 4.52. The molecule has 0 aliphatic carbocycles. The van der Waals surface area contributed by atoms with E-state index in [9.17, 15) is 4.79 Å². The van der Waals surface area contributed by atoms with Gasteiger partial charge in [0.25, 0.3) is 0 Å². The van der Waals surface area contributed by atoms with E-state index in [1.807, 2.05) is 51.1 Å². The minimum Gasteiger partial charge on any atom is -0.376 e. The third-order valence-corrected chi connectivity index (χ3v) is 3.03. The molecular weight excluding hydrogens is 200 g/mol. The standard InChI is InChI=1S/C14H20O2/c1-5-12(15)14(2,3)13(16-4)11-9-7-6-8-10-11/h6-10,13H,5H2,1-4H3. The molecule has 0 aliphatic rings. The molecule has 0 saturated heterocycles. The van der Waals surface area contributed by atoms with Crippen molar-refractivity contribution >= 4 is 5.78 Å². The van der Waals surface area contributed by atoms with Crippen LogP contribution in [0.2, 0.25) is 0 Å². The summed E-state index contributed by atoms with van der Waals surface area (Å²) in [5.41, 5.74) is 0.571. The molecule has 2 heteroatoms. The van der Waals surface area contributed by atoms with Gasteiger partial charge in [-0.1, -0.05) is 51.1 Å². The first-order valence-electron chi connectivity index (χ1n) is 5.65. The smallest absolute Gasteiger partial charge is 0.141 e. The topological polar surface area (TPSA) is 26.3 Å². The Morgan fingerprint density at radius 2 is 1.88 bits per heavy atom. The number of carbonyl (C=O) groups is 1. The molecule has 1 aromatic carbocycles. The highest BCUT2D eigenvalue weighted by Crippen LogP contribution is 2.37. The molecule has 0 N–H and O–H groups in total. The molecule has 0 fully saturated rings. The first-order valence-corrected chi connectivity index (χ1v) is 5.65. The average molecular weight is 220 g/mol. The average Bonchev–Trinajstić information content (AvgIpc) is 2.30. The van der Waals surface area contributed by atoms with Gasteiger partial charge >= 0.3 is 0 Å². The lowest BCUT2D eigenvalue weighted by molar-refractivity contribution is -0.134. The van der Waals surface area contributed by atoms with Gasteiger partial charge in [0, 0.05) is 13.5 Å². The van der Waals surface area contributed by atoms with E-state index < -0.39 is 5.41 Å². The van der Waals surface area contributed by atoms with E-state index in [1.54, 1.807) is 7.11 Å². The van der Waals surface area contributed by atoms with Gasteiger partial charge in [-0.25, -0.2) is 0 Å². The Bertz CT molecular complexity index is 341. The van der Waals surface area contributed by atoms with E-state index in [1.165, 1.54) is 0 Å². The summed E-state index contributed by atoms with van der Waals surface area (Å²) in [4.78, 5) is 11.9. The Kier molecular flexibility index (Phi) is 4.25. The second-order valence-corrected chi connectivity index (χ2v) is 4.52. The number of hydrogen-bond donors (Lipinski definition) is 0. The summed E-state index contributed by atoms with van der Waals surface area (Å²) in [5, 5.41) is 0. The molecule has 0 heterocycles. The first-order chi connectivity index (χ1) is 7.54. The van der Waals surface area contributed by atoms with E-state index in [0.29, 0.717) is 6.42 Å². The summed E-state index contributed by atoms with van der Waals surface area (Å²) in [5.74, 6) is 0.225. The van der Waals surface area contributed by atoms with Gasteiger partial charge in [-0.15, -0.1) is 0 Å². The predicted octanol–water partition coefficient (Wildman–Crippen LogP) is 3.38. The quantitative estimate of drug-likeness (QED) is 0.760. The van der Waals surface area contributed by atoms with Crippen LogP contribution < -0.4 is 0 Å². The molecule has 88 valence electrons. The molecular formula is C14H20O2. The fraction of sp³-hybridized carbons (Fsp3) is 0.500. The zero-order valence-electron chi connectivity index (χ0n) is 10.5. The minimum atomic E-state index is -0.481.